The van der Waals surface area contributed by atoms with E-state index in [9.17, 15) is 14.4 Å². The molecule has 1 aliphatic heterocycles. The molecule has 0 N–H and O–H groups in total. The number of fused-ring (bicyclic) bond motifs is 1. The molecule has 3 aromatic carbocycles. The Morgan fingerprint density at radius 2 is 1.29 bits per heavy atom. The van der Waals surface area contributed by atoms with Gasteiger partial charge in [0, 0.05) is 13.6 Å². The molecule has 2 heterocycles. The second-order valence-electron chi connectivity index (χ2n) is 9.02. The van der Waals surface area contributed by atoms with Crippen LogP contribution in [-0.2, 0) is 7.05 Å². The zero-order valence-electron chi connectivity index (χ0n) is 21.0. The molecule has 2 amide bonds. The molecule has 7 heteroatoms. The highest BCUT2D eigenvalue weighted by Gasteiger charge is 2.34. The molecule has 0 bridgehead atoms. The lowest BCUT2D eigenvalue weighted by Crippen LogP contribution is -2.44. The van der Waals surface area contributed by atoms with Crippen LogP contribution in [0.25, 0.3) is 12.2 Å². The molecule has 4 aromatic rings. The van der Waals surface area contributed by atoms with Crippen LogP contribution in [0.5, 0.6) is 5.88 Å². The highest BCUT2D eigenvalue weighted by molar-refractivity contribution is 6.21. The van der Waals surface area contributed by atoms with Crippen LogP contribution in [0.3, 0.4) is 0 Å². The van der Waals surface area contributed by atoms with Gasteiger partial charge >= 0.3 is 0 Å². The Labute approximate surface area is 220 Å². The molecule has 0 radical (unpaired) electrons. The Hall–Kier alpha value is -4.78. The molecule has 0 saturated heterocycles. The van der Waals surface area contributed by atoms with Crippen LogP contribution in [0.4, 0.5) is 0 Å². The molecule has 0 unspecified atom stereocenters. The van der Waals surface area contributed by atoms with Crippen molar-refractivity contribution < 1.29 is 14.3 Å². The van der Waals surface area contributed by atoms with Crippen molar-refractivity contribution in [1.29, 1.82) is 0 Å². The average Bonchev–Trinajstić information content (AvgIpc) is 3.19. The van der Waals surface area contributed by atoms with Crippen molar-refractivity contribution in [3.8, 4) is 5.88 Å². The zero-order valence-corrected chi connectivity index (χ0v) is 21.0. The van der Waals surface area contributed by atoms with E-state index in [0.29, 0.717) is 48.3 Å². The Morgan fingerprint density at radius 1 is 0.737 bits per heavy atom. The van der Waals surface area contributed by atoms with Gasteiger partial charge in [0.2, 0.25) is 5.88 Å². The quantitative estimate of drug-likeness (QED) is 0.272. The summed E-state index contributed by atoms with van der Waals surface area (Å²) >= 11 is 0. The minimum Gasteiger partial charge on any atom is -0.476 e. The number of imide groups is 1. The summed E-state index contributed by atoms with van der Waals surface area (Å²) in [6, 6.07) is 26.1. The summed E-state index contributed by atoms with van der Waals surface area (Å²) < 4.78 is 7.64. The Bertz CT molecular complexity index is 1630. The summed E-state index contributed by atoms with van der Waals surface area (Å²) in [7, 11) is 1.70. The number of benzene rings is 3. The van der Waals surface area contributed by atoms with Crippen molar-refractivity contribution in [2.45, 2.75) is 12.8 Å². The molecule has 0 saturated carbocycles. The van der Waals surface area contributed by atoms with E-state index >= 15 is 0 Å². The molecular formula is C31H27N3O4. The lowest BCUT2D eigenvalue weighted by Gasteiger charge is -2.14. The average molecular weight is 506 g/mol. The zero-order chi connectivity index (χ0) is 26.5. The Morgan fingerprint density at radius 3 is 1.89 bits per heavy atom. The molecule has 7 nitrogen and oxygen atoms in total. The smallest absolute Gasteiger partial charge is 0.276 e. The van der Waals surface area contributed by atoms with Crippen molar-refractivity contribution in [3.63, 3.8) is 0 Å². The van der Waals surface area contributed by atoms with Crippen molar-refractivity contribution in [1.82, 2.24) is 14.5 Å². The molecule has 0 fully saturated rings. The normalized spacial score (nSPS) is 13.8. The fourth-order valence-electron chi connectivity index (χ4n) is 4.40. The van der Waals surface area contributed by atoms with Crippen LogP contribution in [0.2, 0.25) is 0 Å². The van der Waals surface area contributed by atoms with Gasteiger partial charge in [-0.25, -0.2) is 4.98 Å². The van der Waals surface area contributed by atoms with E-state index in [0.717, 1.165) is 11.1 Å². The second kappa shape index (κ2) is 11.1. The van der Waals surface area contributed by atoms with Gasteiger partial charge in [0.1, 0.15) is 10.7 Å². The van der Waals surface area contributed by atoms with Crippen molar-refractivity contribution in [3.05, 3.63) is 128 Å². The standard InChI is InChI=1S/C31H27N3O4/c1-33-27(21-23-14-6-3-7-15-23)28(32-26(31(33)37)20-22-12-4-2-5-13-22)38-19-11-10-18-34-29(35)24-16-8-9-17-25(24)30(34)36/h2-9,12-17,20-21H,10-11,18-19H2,1H3/b26-20-,27-21-. The maximum Gasteiger partial charge on any atom is 0.276 e. The van der Waals surface area contributed by atoms with E-state index in [1.807, 2.05) is 66.7 Å². The van der Waals surface area contributed by atoms with Gasteiger partial charge in [0.15, 0.2) is 0 Å². The predicted molar refractivity (Wildman–Crippen MR) is 145 cm³/mol. The van der Waals surface area contributed by atoms with Crippen molar-refractivity contribution in [2.24, 2.45) is 7.05 Å². The van der Waals surface area contributed by atoms with Gasteiger partial charge < -0.3 is 9.30 Å². The van der Waals surface area contributed by atoms with Crippen LogP contribution >= 0.6 is 0 Å². The molecule has 0 atom stereocenters. The minimum atomic E-state index is -0.257. The number of aromatic nitrogens is 2. The maximum absolute atomic E-state index is 13.1. The minimum absolute atomic E-state index is 0.228. The highest BCUT2D eigenvalue weighted by Crippen LogP contribution is 2.22. The number of carbonyl (C=O) groups is 2. The van der Waals surface area contributed by atoms with Crippen LogP contribution in [0, 0.1) is 0 Å². The monoisotopic (exact) mass is 505 g/mol. The molecule has 38 heavy (non-hydrogen) atoms. The topological polar surface area (TPSA) is 81.5 Å². The molecule has 1 aliphatic rings. The van der Waals surface area contributed by atoms with Crippen LogP contribution < -0.4 is 21.0 Å². The first kappa shape index (κ1) is 24.9. The number of nitrogens with zero attached hydrogens (tertiary/aromatic N) is 3. The molecule has 0 spiro atoms. The molecule has 1 aromatic heterocycles. The first-order valence-electron chi connectivity index (χ1n) is 12.5. The van der Waals surface area contributed by atoms with Gasteiger partial charge in [-0.1, -0.05) is 72.8 Å². The Kier molecular flexibility index (Phi) is 7.26. The van der Waals surface area contributed by atoms with Crippen LogP contribution in [0.15, 0.2) is 89.7 Å². The third kappa shape index (κ3) is 5.18. The van der Waals surface area contributed by atoms with E-state index in [-0.39, 0.29) is 22.7 Å². The molecular weight excluding hydrogens is 478 g/mol. The van der Waals surface area contributed by atoms with E-state index in [1.165, 1.54) is 4.90 Å². The van der Waals surface area contributed by atoms with Crippen molar-refractivity contribution in [2.75, 3.05) is 13.2 Å². The number of unbranched alkanes of at least 4 members (excludes halogenated alkanes) is 1. The fourth-order valence-corrected chi connectivity index (χ4v) is 4.40. The van der Waals surface area contributed by atoms with Crippen LogP contribution in [-0.4, -0.2) is 39.4 Å². The lowest BCUT2D eigenvalue weighted by atomic mass is 10.1. The number of carbonyl (C=O) groups excluding carboxylic acids is 2. The SMILES string of the molecule is Cn1c(=O)/c(=C/c2ccccc2)nc(OCCCCN2C(=O)c3ccccc3C2=O)/c1=C/c1ccccc1. The highest BCUT2D eigenvalue weighted by atomic mass is 16.5. The molecule has 190 valence electrons. The largest absolute Gasteiger partial charge is 0.476 e. The number of amides is 2. The van der Waals surface area contributed by atoms with Crippen LogP contribution in [0.1, 0.15) is 44.7 Å². The number of hydrogen-bond acceptors (Lipinski definition) is 5. The summed E-state index contributed by atoms with van der Waals surface area (Å²) in [5.74, 6) is -0.168. The first-order chi connectivity index (χ1) is 18.5. The lowest BCUT2D eigenvalue weighted by molar-refractivity contribution is 0.0649. The summed E-state index contributed by atoms with van der Waals surface area (Å²) in [6.45, 7) is 0.626. The number of ether oxygens (including phenoxy) is 1. The van der Waals surface area contributed by atoms with Gasteiger partial charge in [0.25, 0.3) is 17.4 Å². The van der Waals surface area contributed by atoms with E-state index in [1.54, 1.807) is 42.0 Å². The third-order valence-corrected chi connectivity index (χ3v) is 6.43. The van der Waals surface area contributed by atoms with Crippen molar-refractivity contribution >= 4 is 24.0 Å². The predicted octanol–water partition coefficient (Wildman–Crippen LogP) is 2.89. The summed E-state index contributed by atoms with van der Waals surface area (Å²) in [4.78, 5) is 44.2. The molecule has 0 aliphatic carbocycles. The maximum atomic E-state index is 13.1. The van der Waals surface area contributed by atoms with Gasteiger partial charge in [0.05, 0.1) is 17.7 Å². The van der Waals surface area contributed by atoms with E-state index in [2.05, 4.69) is 4.98 Å². The summed E-state index contributed by atoms with van der Waals surface area (Å²) in [5.41, 5.74) is 2.45. The van der Waals surface area contributed by atoms with Gasteiger partial charge in [-0.05, 0) is 48.3 Å². The van der Waals surface area contributed by atoms with E-state index < -0.39 is 0 Å². The van der Waals surface area contributed by atoms with Gasteiger partial charge in [-0.2, -0.15) is 0 Å². The second-order valence-corrected chi connectivity index (χ2v) is 9.02. The first-order valence-corrected chi connectivity index (χ1v) is 12.5. The van der Waals surface area contributed by atoms with E-state index in [4.69, 9.17) is 4.74 Å². The fraction of sp³-hybridized carbons (Fsp3) is 0.161. The summed E-state index contributed by atoms with van der Waals surface area (Å²) in [6.07, 6.45) is 4.79. The number of rotatable bonds is 8. The van der Waals surface area contributed by atoms with Gasteiger partial charge in [-0.3, -0.25) is 19.3 Å². The summed E-state index contributed by atoms with van der Waals surface area (Å²) in [5, 5.41) is 0.844. The number of hydrogen-bond donors (Lipinski definition) is 0. The van der Waals surface area contributed by atoms with Gasteiger partial charge in [-0.15, -0.1) is 0 Å². The molecule has 5 rings (SSSR count). The third-order valence-electron chi connectivity index (χ3n) is 6.43. The Balaban J connectivity index is 1.36.